The maximum absolute atomic E-state index is 14.0. The van der Waals surface area contributed by atoms with Gasteiger partial charge in [-0.3, -0.25) is 9.48 Å². The standard InChI is InChI=1S/C24H21F3N6O/c1-12-16(11-28-20-6-7-29-33(12)20)24(34)32-14-4-3-5-19(32)22-15(10-14)23(31(2)30-22)13-8-17(25)21(27)18(26)9-13/h6-9,11,14,19H,3-5,10H2,1-2H3. The normalized spacial score (nSPS) is 19.5. The van der Waals surface area contributed by atoms with E-state index in [1.165, 1.54) is 0 Å². The minimum atomic E-state index is -1.49. The molecule has 2 aliphatic rings. The molecule has 5 heterocycles. The Kier molecular flexibility index (Phi) is 4.55. The molecule has 0 saturated carbocycles. The third kappa shape index (κ3) is 2.90. The molecule has 3 aromatic heterocycles. The molecule has 174 valence electrons. The van der Waals surface area contributed by atoms with Crippen molar-refractivity contribution in [1.82, 2.24) is 29.3 Å². The smallest absolute Gasteiger partial charge is 0.258 e. The zero-order valence-corrected chi connectivity index (χ0v) is 18.6. The fourth-order valence-electron chi connectivity index (χ4n) is 5.54. The van der Waals surface area contributed by atoms with Gasteiger partial charge in [0.05, 0.1) is 34.9 Å². The summed E-state index contributed by atoms with van der Waals surface area (Å²) in [7, 11) is 1.70. The Morgan fingerprint density at radius 3 is 2.68 bits per heavy atom. The fourth-order valence-corrected chi connectivity index (χ4v) is 5.54. The summed E-state index contributed by atoms with van der Waals surface area (Å²) in [5, 5.41) is 8.93. The highest BCUT2D eigenvalue weighted by atomic mass is 19.2. The second-order valence-corrected chi connectivity index (χ2v) is 8.97. The Labute approximate surface area is 192 Å². The molecule has 1 saturated heterocycles. The molecule has 34 heavy (non-hydrogen) atoms. The lowest BCUT2D eigenvalue weighted by atomic mass is 9.81. The number of rotatable bonds is 2. The topological polar surface area (TPSA) is 68.3 Å². The van der Waals surface area contributed by atoms with Crippen molar-refractivity contribution < 1.29 is 18.0 Å². The first kappa shape index (κ1) is 20.9. The Balaban J connectivity index is 1.45. The van der Waals surface area contributed by atoms with Gasteiger partial charge in [-0.2, -0.15) is 10.2 Å². The Morgan fingerprint density at radius 2 is 1.91 bits per heavy atom. The van der Waals surface area contributed by atoms with Crippen LogP contribution in [0.15, 0.2) is 30.6 Å². The summed E-state index contributed by atoms with van der Waals surface area (Å²) in [5.41, 5.74) is 4.21. The molecule has 0 aliphatic carbocycles. The molecule has 7 nitrogen and oxygen atoms in total. The number of halogens is 3. The second-order valence-electron chi connectivity index (χ2n) is 8.97. The molecular formula is C24H21F3N6O. The predicted octanol–water partition coefficient (Wildman–Crippen LogP) is 4.15. The molecule has 2 atom stereocenters. The van der Waals surface area contributed by atoms with Crippen molar-refractivity contribution >= 4 is 11.6 Å². The van der Waals surface area contributed by atoms with Crippen LogP contribution in [0.2, 0.25) is 0 Å². The van der Waals surface area contributed by atoms with Crippen molar-refractivity contribution in [3.63, 3.8) is 0 Å². The molecule has 4 aromatic rings. The van der Waals surface area contributed by atoms with E-state index >= 15 is 0 Å². The number of hydrogen-bond donors (Lipinski definition) is 0. The van der Waals surface area contributed by atoms with E-state index in [9.17, 15) is 18.0 Å². The average Bonchev–Trinajstić information content (AvgIpc) is 3.41. The molecule has 6 rings (SSSR count). The molecule has 1 fully saturated rings. The van der Waals surface area contributed by atoms with E-state index in [0.29, 0.717) is 29.0 Å². The Morgan fingerprint density at radius 1 is 1.15 bits per heavy atom. The molecule has 10 heteroatoms. The van der Waals surface area contributed by atoms with Crippen molar-refractivity contribution in [3.8, 4) is 11.3 Å². The van der Waals surface area contributed by atoms with E-state index in [4.69, 9.17) is 0 Å². The number of nitrogens with zero attached hydrogens (tertiary/aromatic N) is 6. The van der Waals surface area contributed by atoms with Crippen molar-refractivity contribution in [3.05, 3.63) is 70.6 Å². The van der Waals surface area contributed by atoms with Gasteiger partial charge in [0.25, 0.3) is 5.91 Å². The zero-order valence-electron chi connectivity index (χ0n) is 18.6. The second kappa shape index (κ2) is 7.41. The SMILES string of the molecule is Cc1c(C(=O)N2C3CCCC2c2nn(C)c(-c4cc(F)c(F)c(F)c4)c2C3)cnc2ccnn12. The van der Waals surface area contributed by atoms with Crippen LogP contribution >= 0.6 is 0 Å². The first-order valence-corrected chi connectivity index (χ1v) is 11.2. The third-order valence-electron chi connectivity index (χ3n) is 7.05. The summed E-state index contributed by atoms with van der Waals surface area (Å²) in [6.45, 7) is 1.84. The van der Waals surface area contributed by atoms with Crippen LogP contribution in [-0.4, -0.2) is 41.2 Å². The lowest BCUT2D eigenvalue weighted by molar-refractivity contribution is 0.0390. The molecule has 0 N–H and O–H groups in total. The lowest BCUT2D eigenvalue weighted by Crippen LogP contribution is -2.50. The maximum atomic E-state index is 14.0. The van der Waals surface area contributed by atoms with Gasteiger partial charge in [0.15, 0.2) is 23.1 Å². The van der Waals surface area contributed by atoms with E-state index in [1.807, 2.05) is 11.8 Å². The van der Waals surface area contributed by atoms with Gasteiger partial charge in [-0.1, -0.05) is 0 Å². The van der Waals surface area contributed by atoms with Gasteiger partial charge in [-0.15, -0.1) is 0 Å². The molecular weight excluding hydrogens is 445 g/mol. The molecule has 0 spiro atoms. The first-order valence-electron chi connectivity index (χ1n) is 11.2. The maximum Gasteiger partial charge on any atom is 0.258 e. The molecule has 0 radical (unpaired) electrons. The summed E-state index contributed by atoms with van der Waals surface area (Å²) in [6, 6.07) is 3.41. The average molecular weight is 466 g/mol. The van der Waals surface area contributed by atoms with E-state index in [2.05, 4.69) is 15.2 Å². The van der Waals surface area contributed by atoms with Gasteiger partial charge < -0.3 is 4.90 Å². The molecule has 2 bridgehead atoms. The van der Waals surface area contributed by atoms with E-state index < -0.39 is 17.5 Å². The summed E-state index contributed by atoms with van der Waals surface area (Å²) < 4.78 is 44.8. The lowest BCUT2D eigenvalue weighted by Gasteiger charge is -2.45. The number of carbonyl (C=O) groups excluding carboxylic acids is 1. The predicted molar refractivity (Wildman–Crippen MR) is 116 cm³/mol. The van der Waals surface area contributed by atoms with Gasteiger partial charge >= 0.3 is 0 Å². The highest BCUT2D eigenvalue weighted by molar-refractivity contribution is 5.96. The summed E-state index contributed by atoms with van der Waals surface area (Å²) >= 11 is 0. The van der Waals surface area contributed by atoms with Crippen LogP contribution < -0.4 is 0 Å². The summed E-state index contributed by atoms with van der Waals surface area (Å²) in [4.78, 5) is 20.0. The van der Waals surface area contributed by atoms with Crippen LogP contribution in [0.3, 0.4) is 0 Å². The van der Waals surface area contributed by atoms with Crippen LogP contribution in [0.5, 0.6) is 0 Å². The van der Waals surface area contributed by atoms with Gasteiger partial charge in [-0.25, -0.2) is 22.7 Å². The van der Waals surface area contributed by atoms with E-state index in [-0.39, 0.29) is 23.6 Å². The minimum absolute atomic E-state index is 0.0930. The number of piperidine rings is 1. The molecule has 2 unspecified atom stereocenters. The number of amides is 1. The van der Waals surface area contributed by atoms with Crippen molar-refractivity contribution in [1.29, 1.82) is 0 Å². The van der Waals surface area contributed by atoms with Crippen LogP contribution in [0.4, 0.5) is 13.2 Å². The highest BCUT2D eigenvalue weighted by Crippen LogP contribution is 2.45. The van der Waals surface area contributed by atoms with Crippen LogP contribution in [-0.2, 0) is 13.5 Å². The van der Waals surface area contributed by atoms with Gasteiger partial charge in [0.2, 0.25) is 0 Å². The number of aromatic nitrogens is 5. The monoisotopic (exact) mass is 466 g/mol. The van der Waals surface area contributed by atoms with Gasteiger partial charge in [0, 0.05) is 36.5 Å². The fraction of sp³-hybridized carbons (Fsp3) is 0.333. The minimum Gasteiger partial charge on any atom is -0.327 e. The first-order chi connectivity index (χ1) is 16.3. The third-order valence-corrected chi connectivity index (χ3v) is 7.05. The largest absolute Gasteiger partial charge is 0.327 e. The van der Waals surface area contributed by atoms with E-state index in [0.717, 1.165) is 42.7 Å². The van der Waals surface area contributed by atoms with Gasteiger partial charge in [-0.05, 0) is 44.7 Å². The van der Waals surface area contributed by atoms with Crippen molar-refractivity contribution in [2.45, 2.75) is 44.7 Å². The van der Waals surface area contributed by atoms with Crippen LogP contribution in [0.25, 0.3) is 16.9 Å². The number of carbonyl (C=O) groups is 1. The highest BCUT2D eigenvalue weighted by Gasteiger charge is 2.44. The zero-order chi connectivity index (χ0) is 23.7. The van der Waals surface area contributed by atoms with Crippen molar-refractivity contribution in [2.24, 2.45) is 7.05 Å². The number of hydrogen-bond acceptors (Lipinski definition) is 4. The van der Waals surface area contributed by atoms with Crippen LogP contribution in [0.1, 0.15) is 52.6 Å². The Bertz CT molecular complexity index is 1450. The summed E-state index contributed by atoms with van der Waals surface area (Å²) in [6.07, 6.45) is 6.21. The van der Waals surface area contributed by atoms with E-state index in [1.54, 1.807) is 34.7 Å². The number of fused-ring (bicyclic) bond motifs is 5. The number of aryl methyl sites for hydroxylation is 2. The summed E-state index contributed by atoms with van der Waals surface area (Å²) in [5.74, 6) is -4.11. The van der Waals surface area contributed by atoms with Crippen molar-refractivity contribution in [2.75, 3.05) is 0 Å². The molecule has 1 aromatic carbocycles. The van der Waals surface area contributed by atoms with Crippen LogP contribution in [0, 0.1) is 24.4 Å². The molecule has 2 aliphatic heterocycles. The Hall–Kier alpha value is -3.69. The van der Waals surface area contributed by atoms with Gasteiger partial charge in [0.1, 0.15) is 0 Å². The molecule has 1 amide bonds. The quantitative estimate of drug-likeness (QED) is 0.417. The number of benzene rings is 1.